The van der Waals surface area contributed by atoms with Gasteiger partial charge in [-0.3, -0.25) is 19.4 Å². The highest BCUT2D eigenvalue weighted by Crippen LogP contribution is 2.26. The Balaban J connectivity index is 1.39. The molecule has 186 valence electrons. The van der Waals surface area contributed by atoms with E-state index in [9.17, 15) is 14.4 Å². The smallest absolute Gasteiger partial charge is 0.272 e. The van der Waals surface area contributed by atoms with Gasteiger partial charge in [0, 0.05) is 39.1 Å². The average Bonchev–Trinajstić information content (AvgIpc) is 3.43. The zero-order chi connectivity index (χ0) is 26.0. The van der Waals surface area contributed by atoms with E-state index in [1.165, 1.54) is 23.1 Å². The molecule has 0 spiro atoms. The van der Waals surface area contributed by atoms with Gasteiger partial charge in [-0.2, -0.15) is 0 Å². The van der Waals surface area contributed by atoms with Crippen molar-refractivity contribution in [2.24, 2.45) is 0 Å². The Labute approximate surface area is 223 Å². The lowest BCUT2D eigenvalue weighted by molar-refractivity contribution is -0.115. The van der Waals surface area contributed by atoms with Crippen LogP contribution in [0.1, 0.15) is 22.2 Å². The van der Waals surface area contributed by atoms with Crippen LogP contribution in [-0.4, -0.2) is 28.0 Å². The summed E-state index contributed by atoms with van der Waals surface area (Å²) >= 11 is 2.87. The molecule has 3 amide bonds. The molecule has 0 radical (unpaired) electrons. The van der Waals surface area contributed by atoms with Crippen LogP contribution in [0.3, 0.4) is 0 Å². The van der Waals surface area contributed by atoms with Gasteiger partial charge in [0.05, 0.1) is 5.25 Å². The molecule has 0 bridgehead atoms. The van der Waals surface area contributed by atoms with E-state index >= 15 is 0 Å². The maximum atomic E-state index is 13.1. The lowest BCUT2D eigenvalue weighted by Gasteiger charge is -2.13. The van der Waals surface area contributed by atoms with Crippen LogP contribution in [0, 0.1) is 0 Å². The molecule has 0 aliphatic heterocycles. The predicted octanol–water partition coefficient (Wildman–Crippen LogP) is 5.67. The van der Waals surface area contributed by atoms with Crippen LogP contribution in [0.15, 0.2) is 107 Å². The lowest BCUT2D eigenvalue weighted by Crippen LogP contribution is -2.30. The van der Waals surface area contributed by atoms with Gasteiger partial charge in [0.1, 0.15) is 5.70 Å². The third kappa shape index (κ3) is 7.63. The van der Waals surface area contributed by atoms with Gasteiger partial charge in [-0.05, 0) is 73.0 Å². The number of hydrogen-bond acceptors (Lipinski definition) is 6. The molecule has 2 aromatic carbocycles. The number of anilines is 2. The van der Waals surface area contributed by atoms with Crippen LogP contribution in [0.5, 0.6) is 0 Å². The SMILES string of the molecule is CC(Sc1ccc(NC(=O)/C(=C/c2cccs2)NC(=O)c2ccccc2)cc1)C(=O)Nc1ccncc1. The number of carbonyl (C=O) groups is 3. The summed E-state index contributed by atoms with van der Waals surface area (Å²) in [6.07, 6.45) is 4.89. The van der Waals surface area contributed by atoms with Crippen molar-refractivity contribution in [3.05, 3.63) is 113 Å². The summed E-state index contributed by atoms with van der Waals surface area (Å²) in [5.41, 5.74) is 1.84. The fourth-order valence-electron chi connectivity index (χ4n) is 3.21. The van der Waals surface area contributed by atoms with Gasteiger partial charge >= 0.3 is 0 Å². The number of carbonyl (C=O) groups excluding carboxylic acids is 3. The van der Waals surface area contributed by atoms with Crippen molar-refractivity contribution in [2.75, 3.05) is 10.6 Å². The molecule has 2 heterocycles. The van der Waals surface area contributed by atoms with Crippen molar-refractivity contribution in [3.8, 4) is 0 Å². The van der Waals surface area contributed by atoms with Gasteiger partial charge in [-0.15, -0.1) is 23.1 Å². The first-order valence-electron chi connectivity index (χ1n) is 11.4. The highest BCUT2D eigenvalue weighted by Gasteiger charge is 2.17. The molecule has 0 saturated heterocycles. The van der Waals surface area contributed by atoms with Crippen molar-refractivity contribution < 1.29 is 14.4 Å². The largest absolute Gasteiger partial charge is 0.325 e. The first-order valence-corrected chi connectivity index (χ1v) is 13.1. The van der Waals surface area contributed by atoms with Crippen molar-refractivity contribution in [3.63, 3.8) is 0 Å². The molecule has 4 aromatic rings. The normalized spacial score (nSPS) is 11.9. The van der Waals surface area contributed by atoms with Gasteiger partial charge in [0.2, 0.25) is 5.91 Å². The van der Waals surface area contributed by atoms with E-state index in [4.69, 9.17) is 0 Å². The van der Waals surface area contributed by atoms with Crippen LogP contribution in [-0.2, 0) is 9.59 Å². The number of aromatic nitrogens is 1. The molecule has 1 atom stereocenters. The number of benzene rings is 2. The molecule has 0 aliphatic carbocycles. The van der Waals surface area contributed by atoms with E-state index in [1.54, 1.807) is 67.0 Å². The fourth-order valence-corrected chi connectivity index (χ4v) is 4.73. The number of hydrogen-bond donors (Lipinski definition) is 3. The third-order valence-corrected chi connectivity index (χ3v) is 7.03. The number of nitrogens with zero attached hydrogens (tertiary/aromatic N) is 1. The Kier molecular flexibility index (Phi) is 8.85. The molecular formula is C28H24N4O3S2. The Morgan fingerprint density at radius 1 is 0.865 bits per heavy atom. The van der Waals surface area contributed by atoms with E-state index in [0.29, 0.717) is 16.9 Å². The summed E-state index contributed by atoms with van der Waals surface area (Å²) in [4.78, 5) is 43.9. The Hall–Kier alpha value is -4.21. The van der Waals surface area contributed by atoms with E-state index < -0.39 is 5.91 Å². The summed E-state index contributed by atoms with van der Waals surface area (Å²) in [7, 11) is 0. The van der Waals surface area contributed by atoms with Gasteiger partial charge in [0.25, 0.3) is 11.8 Å². The molecular weight excluding hydrogens is 504 g/mol. The van der Waals surface area contributed by atoms with Gasteiger partial charge in [0.15, 0.2) is 0 Å². The summed E-state index contributed by atoms with van der Waals surface area (Å²) in [6, 6.07) is 23.1. The zero-order valence-electron chi connectivity index (χ0n) is 19.9. The Morgan fingerprint density at radius 2 is 1.57 bits per heavy atom. The van der Waals surface area contributed by atoms with Crippen molar-refractivity contribution in [1.82, 2.24) is 10.3 Å². The molecule has 0 saturated carbocycles. The minimum Gasteiger partial charge on any atom is -0.325 e. The number of thiophene rings is 1. The summed E-state index contributed by atoms with van der Waals surface area (Å²) < 4.78 is 0. The maximum Gasteiger partial charge on any atom is 0.272 e. The highest BCUT2D eigenvalue weighted by atomic mass is 32.2. The van der Waals surface area contributed by atoms with Gasteiger partial charge in [-0.1, -0.05) is 24.3 Å². The van der Waals surface area contributed by atoms with Crippen LogP contribution in [0.4, 0.5) is 11.4 Å². The van der Waals surface area contributed by atoms with E-state index in [-0.39, 0.29) is 22.8 Å². The van der Waals surface area contributed by atoms with E-state index in [0.717, 1.165) is 9.77 Å². The molecule has 9 heteroatoms. The molecule has 2 aromatic heterocycles. The van der Waals surface area contributed by atoms with Crippen molar-refractivity contribution in [2.45, 2.75) is 17.1 Å². The molecule has 3 N–H and O–H groups in total. The van der Waals surface area contributed by atoms with Crippen LogP contribution in [0.25, 0.3) is 6.08 Å². The fraction of sp³-hybridized carbons (Fsp3) is 0.0714. The zero-order valence-corrected chi connectivity index (χ0v) is 21.5. The standard InChI is InChI=1S/C28H24N4O3S2/c1-19(26(33)30-22-13-15-29-16-14-22)37-23-11-9-21(10-12-23)31-28(35)25(18-24-8-5-17-36-24)32-27(34)20-6-3-2-4-7-20/h2-19H,1H3,(H,31,35)(H,32,34)(H,29,30,33)/b25-18-. The van der Waals surface area contributed by atoms with Crippen LogP contribution < -0.4 is 16.0 Å². The Bertz CT molecular complexity index is 1370. The van der Waals surface area contributed by atoms with Gasteiger partial charge in [-0.25, -0.2) is 0 Å². The van der Waals surface area contributed by atoms with Crippen LogP contribution >= 0.6 is 23.1 Å². The second-order valence-corrected chi connectivity index (χ2v) is 10.3. The maximum absolute atomic E-state index is 13.1. The summed E-state index contributed by atoms with van der Waals surface area (Å²) in [6.45, 7) is 1.83. The number of amides is 3. The van der Waals surface area contributed by atoms with Crippen LogP contribution in [0.2, 0.25) is 0 Å². The quantitative estimate of drug-likeness (QED) is 0.192. The highest BCUT2D eigenvalue weighted by molar-refractivity contribution is 8.00. The first-order chi connectivity index (χ1) is 18.0. The average molecular weight is 529 g/mol. The third-order valence-electron chi connectivity index (χ3n) is 5.10. The molecule has 1 unspecified atom stereocenters. The van der Waals surface area contributed by atoms with Crippen molar-refractivity contribution >= 4 is 58.3 Å². The molecule has 4 rings (SSSR count). The van der Waals surface area contributed by atoms with Crippen molar-refractivity contribution in [1.29, 1.82) is 0 Å². The number of nitrogens with one attached hydrogen (secondary N) is 3. The van der Waals surface area contributed by atoms with Gasteiger partial charge < -0.3 is 16.0 Å². The van der Waals surface area contributed by atoms with E-state index in [1.807, 2.05) is 42.6 Å². The number of thioether (sulfide) groups is 1. The topological polar surface area (TPSA) is 100 Å². The Morgan fingerprint density at radius 3 is 2.24 bits per heavy atom. The predicted molar refractivity (Wildman–Crippen MR) is 149 cm³/mol. The number of pyridine rings is 1. The number of rotatable bonds is 9. The monoisotopic (exact) mass is 528 g/mol. The summed E-state index contributed by atoms with van der Waals surface area (Å²) in [5.74, 6) is -0.932. The minimum absolute atomic E-state index is 0.119. The molecule has 37 heavy (non-hydrogen) atoms. The van der Waals surface area contributed by atoms with E-state index in [2.05, 4.69) is 20.9 Å². The molecule has 0 fully saturated rings. The molecule has 7 nitrogen and oxygen atoms in total. The summed E-state index contributed by atoms with van der Waals surface area (Å²) in [5, 5.41) is 9.99. The lowest BCUT2D eigenvalue weighted by atomic mass is 10.2. The second-order valence-electron chi connectivity index (χ2n) is 7.86. The second kappa shape index (κ2) is 12.7. The first kappa shape index (κ1) is 25.9. The molecule has 0 aliphatic rings. The minimum atomic E-state index is -0.441.